The number of anilines is 2. The van der Waals surface area contributed by atoms with Crippen molar-refractivity contribution in [2.75, 3.05) is 34.8 Å². The molecule has 1 aromatic heterocycles. The van der Waals surface area contributed by atoms with Crippen molar-refractivity contribution < 1.29 is 0 Å². The van der Waals surface area contributed by atoms with Gasteiger partial charge in [0, 0.05) is 24.9 Å². The van der Waals surface area contributed by atoms with Crippen molar-refractivity contribution in [3.63, 3.8) is 0 Å². The summed E-state index contributed by atoms with van der Waals surface area (Å²) in [6, 6.07) is 0.446. The highest BCUT2D eigenvalue weighted by Gasteiger charge is 2.18. The lowest BCUT2D eigenvalue weighted by molar-refractivity contribution is 0.567. The molecular weight excluding hydrogens is 294 g/mol. The highest BCUT2D eigenvalue weighted by atomic mass is 35.5. The van der Waals surface area contributed by atoms with E-state index in [4.69, 9.17) is 11.6 Å². The van der Waals surface area contributed by atoms with Gasteiger partial charge in [0.2, 0.25) is 17.2 Å². The fourth-order valence-electron chi connectivity index (χ4n) is 2.68. The van der Waals surface area contributed by atoms with Crippen LogP contribution in [0, 0.1) is 0 Å². The van der Waals surface area contributed by atoms with Crippen LogP contribution < -0.4 is 10.2 Å². The highest BCUT2D eigenvalue weighted by Crippen LogP contribution is 2.22. The summed E-state index contributed by atoms with van der Waals surface area (Å²) in [5.74, 6) is 3.71. The van der Waals surface area contributed by atoms with Gasteiger partial charge in [-0.25, -0.2) is 0 Å². The van der Waals surface area contributed by atoms with E-state index in [-0.39, 0.29) is 5.28 Å². The van der Waals surface area contributed by atoms with E-state index in [0.717, 1.165) is 24.8 Å². The van der Waals surface area contributed by atoms with Crippen molar-refractivity contribution in [3.8, 4) is 0 Å². The molecule has 5 nitrogen and oxygen atoms in total. The third-order valence-electron chi connectivity index (χ3n) is 3.73. The zero-order valence-electron chi connectivity index (χ0n) is 11.5. The van der Waals surface area contributed by atoms with Crippen LogP contribution in [0.25, 0.3) is 0 Å². The molecule has 20 heavy (non-hydrogen) atoms. The molecule has 2 aliphatic rings. The van der Waals surface area contributed by atoms with Gasteiger partial charge in [0.15, 0.2) is 0 Å². The summed E-state index contributed by atoms with van der Waals surface area (Å²) >= 11 is 8.03. The first-order valence-electron chi connectivity index (χ1n) is 7.32. The van der Waals surface area contributed by atoms with Crippen LogP contribution in [0.2, 0.25) is 5.28 Å². The molecule has 7 heteroatoms. The first kappa shape index (κ1) is 14.2. The Bertz CT molecular complexity index is 446. The van der Waals surface area contributed by atoms with Gasteiger partial charge < -0.3 is 10.2 Å². The van der Waals surface area contributed by atoms with Crippen molar-refractivity contribution >= 4 is 35.3 Å². The van der Waals surface area contributed by atoms with Gasteiger partial charge in [-0.15, -0.1) is 0 Å². The third kappa shape index (κ3) is 3.67. The SMILES string of the molecule is Clc1nc(NC2CCCSC2)nc(N2CCCCC2)n1. The molecule has 2 aliphatic heterocycles. The van der Waals surface area contributed by atoms with E-state index >= 15 is 0 Å². The molecule has 0 radical (unpaired) electrons. The van der Waals surface area contributed by atoms with E-state index in [1.54, 1.807) is 0 Å². The van der Waals surface area contributed by atoms with Gasteiger partial charge in [-0.1, -0.05) is 0 Å². The number of nitrogens with zero attached hydrogens (tertiary/aromatic N) is 4. The molecular formula is C13H20ClN5S. The number of aromatic nitrogens is 3. The lowest BCUT2D eigenvalue weighted by atomic mass is 10.1. The maximum absolute atomic E-state index is 6.05. The van der Waals surface area contributed by atoms with Gasteiger partial charge in [0.25, 0.3) is 0 Å². The Balaban J connectivity index is 1.71. The van der Waals surface area contributed by atoms with E-state index in [2.05, 4.69) is 25.2 Å². The summed E-state index contributed by atoms with van der Waals surface area (Å²) in [6.45, 7) is 2.03. The number of nitrogens with one attached hydrogen (secondary N) is 1. The van der Waals surface area contributed by atoms with Crippen LogP contribution in [0.15, 0.2) is 0 Å². The summed E-state index contributed by atoms with van der Waals surface area (Å²) in [7, 11) is 0. The Hall–Kier alpha value is -0.750. The molecule has 2 fully saturated rings. The number of hydrogen-bond acceptors (Lipinski definition) is 6. The molecule has 0 amide bonds. The van der Waals surface area contributed by atoms with Crippen LogP contribution in [-0.2, 0) is 0 Å². The predicted molar refractivity (Wildman–Crippen MR) is 84.9 cm³/mol. The second-order valence-electron chi connectivity index (χ2n) is 5.33. The molecule has 0 aromatic carbocycles. The lowest BCUT2D eigenvalue weighted by Crippen LogP contribution is -2.32. The minimum atomic E-state index is 0.284. The average molecular weight is 314 g/mol. The normalized spacial score (nSPS) is 23.6. The predicted octanol–water partition coefficient (Wildman–Crippen LogP) is 2.82. The Morgan fingerprint density at radius 3 is 2.70 bits per heavy atom. The van der Waals surface area contributed by atoms with Crippen molar-refractivity contribution in [1.29, 1.82) is 0 Å². The maximum Gasteiger partial charge on any atom is 0.231 e. The molecule has 0 bridgehead atoms. The summed E-state index contributed by atoms with van der Waals surface area (Å²) in [6.07, 6.45) is 6.12. The molecule has 1 N–H and O–H groups in total. The smallest absolute Gasteiger partial charge is 0.231 e. The zero-order chi connectivity index (χ0) is 13.8. The van der Waals surface area contributed by atoms with Crippen LogP contribution in [0.3, 0.4) is 0 Å². The van der Waals surface area contributed by atoms with Gasteiger partial charge in [0.1, 0.15) is 0 Å². The van der Waals surface area contributed by atoms with E-state index in [1.807, 2.05) is 11.8 Å². The van der Waals surface area contributed by atoms with Gasteiger partial charge >= 0.3 is 0 Å². The summed E-state index contributed by atoms with van der Waals surface area (Å²) < 4.78 is 0. The molecule has 1 unspecified atom stereocenters. The van der Waals surface area contributed by atoms with Crippen LogP contribution in [0.1, 0.15) is 32.1 Å². The Kier molecular flexibility index (Phi) is 4.83. The molecule has 0 saturated carbocycles. The number of rotatable bonds is 3. The molecule has 0 spiro atoms. The van der Waals surface area contributed by atoms with Crippen LogP contribution in [0.4, 0.5) is 11.9 Å². The lowest BCUT2D eigenvalue weighted by Gasteiger charge is -2.27. The van der Waals surface area contributed by atoms with E-state index < -0.39 is 0 Å². The number of hydrogen-bond donors (Lipinski definition) is 1. The molecule has 110 valence electrons. The van der Waals surface area contributed by atoms with Crippen molar-refractivity contribution in [2.24, 2.45) is 0 Å². The quantitative estimate of drug-likeness (QED) is 0.926. The van der Waals surface area contributed by atoms with Gasteiger partial charge in [-0.3, -0.25) is 0 Å². The number of halogens is 1. The van der Waals surface area contributed by atoms with Gasteiger partial charge in [-0.05, 0) is 49.5 Å². The number of piperidine rings is 1. The third-order valence-corrected chi connectivity index (χ3v) is 5.11. The van der Waals surface area contributed by atoms with Gasteiger partial charge in [0.05, 0.1) is 0 Å². The fraction of sp³-hybridized carbons (Fsp3) is 0.769. The summed E-state index contributed by atoms with van der Waals surface area (Å²) in [5, 5.41) is 3.69. The van der Waals surface area contributed by atoms with E-state index in [9.17, 15) is 0 Å². The number of thioether (sulfide) groups is 1. The Morgan fingerprint density at radius 2 is 1.95 bits per heavy atom. The minimum absolute atomic E-state index is 0.284. The fourth-order valence-corrected chi connectivity index (χ4v) is 3.90. The van der Waals surface area contributed by atoms with Crippen LogP contribution in [-0.4, -0.2) is 45.6 Å². The Labute approximate surface area is 128 Å². The largest absolute Gasteiger partial charge is 0.350 e. The first-order chi connectivity index (χ1) is 9.81. The molecule has 3 rings (SSSR count). The molecule has 0 aliphatic carbocycles. The Morgan fingerprint density at radius 1 is 1.10 bits per heavy atom. The van der Waals surface area contributed by atoms with Gasteiger partial charge in [-0.2, -0.15) is 26.7 Å². The highest BCUT2D eigenvalue weighted by molar-refractivity contribution is 7.99. The molecule has 2 saturated heterocycles. The summed E-state index contributed by atoms with van der Waals surface area (Å²) in [4.78, 5) is 15.2. The monoisotopic (exact) mass is 313 g/mol. The van der Waals surface area contributed by atoms with Crippen molar-refractivity contribution in [2.45, 2.75) is 38.1 Å². The minimum Gasteiger partial charge on any atom is -0.350 e. The van der Waals surface area contributed by atoms with E-state index in [1.165, 1.54) is 37.9 Å². The summed E-state index contributed by atoms with van der Waals surface area (Å²) in [5.41, 5.74) is 0. The molecule has 1 atom stereocenters. The first-order valence-corrected chi connectivity index (χ1v) is 8.85. The van der Waals surface area contributed by atoms with Crippen molar-refractivity contribution in [3.05, 3.63) is 5.28 Å². The second kappa shape index (κ2) is 6.80. The maximum atomic E-state index is 6.05. The topological polar surface area (TPSA) is 53.9 Å². The second-order valence-corrected chi connectivity index (χ2v) is 6.82. The molecule has 1 aromatic rings. The zero-order valence-corrected chi connectivity index (χ0v) is 13.1. The van der Waals surface area contributed by atoms with Crippen LogP contribution >= 0.6 is 23.4 Å². The van der Waals surface area contributed by atoms with Crippen LogP contribution in [0.5, 0.6) is 0 Å². The average Bonchev–Trinajstić information content (AvgIpc) is 2.49. The van der Waals surface area contributed by atoms with E-state index in [0.29, 0.717) is 12.0 Å². The standard InChI is InChI=1S/C13H20ClN5S/c14-11-16-12(15-10-5-4-8-20-9-10)18-13(17-11)19-6-2-1-3-7-19/h10H,1-9H2,(H,15,16,17,18). The van der Waals surface area contributed by atoms with Crippen molar-refractivity contribution in [1.82, 2.24) is 15.0 Å². The molecule has 3 heterocycles.